The second-order valence-corrected chi connectivity index (χ2v) is 7.92. The van der Waals surface area contributed by atoms with Crippen molar-refractivity contribution in [3.8, 4) is 23.0 Å². The van der Waals surface area contributed by atoms with Crippen LogP contribution in [-0.4, -0.2) is 61.7 Å². The van der Waals surface area contributed by atoms with Crippen LogP contribution in [0.5, 0.6) is 23.0 Å². The van der Waals surface area contributed by atoms with E-state index in [4.69, 9.17) is 23.7 Å². The molecule has 2 aromatic rings. The van der Waals surface area contributed by atoms with Crippen LogP contribution in [0.15, 0.2) is 48.5 Å². The molecule has 1 heterocycles. The lowest BCUT2D eigenvalue weighted by atomic mass is 10.3. The van der Waals surface area contributed by atoms with Crippen LogP contribution >= 0.6 is 0 Å². The summed E-state index contributed by atoms with van der Waals surface area (Å²) in [5.41, 5.74) is 0. The molecule has 2 atom stereocenters. The van der Waals surface area contributed by atoms with Gasteiger partial charge in [0.05, 0.1) is 6.61 Å². The molecule has 0 radical (unpaired) electrons. The van der Waals surface area contributed by atoms with Crippen molar-refractivity contribution in [1.82, 2.24) is 5.32 Å². The minimum atomic E-state index is -0.560. The van der Waals surface area contributed by atoms with E-state index in [2.05, 4.69) is 5.32 Å². The molecule has 9 nitrogen and oxygen atoms in total. The van der Waals surface area contributed by atoms with E-state index in [0.29, 0.717) is 36.4 Å². The van der Waals surface area contributed by atoms with Gasteiger partial charge in [-0.3, -0.25) is 9.59 Å². The molecule has 0 aromatic heterocycles. The van der Waals surface area contributed by atoms with Crippen LogP contribution in [0.1, 0.15) is 27.7 Å². The van der Waals surface area contributed by atoms with Crippen molar-refractivity contribution < 1.29 is 38.4 Å². The Balaban J connectivity index is 0.000000246. The molecule has 3 rings (SSSR count). The number of carbonyl (C=O) groups excluding carboxylic acids is 2. The Labute approximate surface area is 199 Å². The van der Waals surface area contributed by atoms with Crippen molar-refractivity contribution >= 4 is 11.9 Å². The average Bonchev–Trinajstić information content (AvgIpc) is 3.61. The van der Waals surface area contributed by atoms with E-state index in [1.54, 1.807) is 48.5 Å². The number of carbonyl (C=O) groups is 2. The lowest BCUT2D eigenvalue weighted by Crippen LogP contribution is -2.35. The predicted octanol–water partition coefficient (Wildman–Crippen LogP) is 2.74. The molecule has 0 bridgehead atoms. The highest BCUT2D eigenvalue weighted by atomic mass is 16.6. The van der Waals surface area contributed by atoms with Gasteiger partial charge in [0.15, 0.2) is 0 Å². The Morgan fingerprint density at radius 1 is 0.912 bits per heavy atom. The number of benzene rings is 2. The molecule has 0 amide bonds. The molecule has 2 unspecified atom stereocenters. The van der Waals surface area contributed by atoms with Crippen LogP contribution in [-0.2, 0) is 14.3 Å². The van der Waals surface area contributed by atoms with Crippen LogP contribution < -0.4 is 24.3 Å². The Hall–Kier alpha value is -3.14. The number of ether oxygens (including phenoxy) is 5. The van der Waals surface area contributed by atoms with Crippen molar-refractivity contribution in [2.75, 3.05) is 26.4 Å². The number of epoxide rings is 1. The fourth-order valence-electron chi connectivity index (χ4n) is 2.52. The molecule has 1 fully saturated rings. The Morgan fingerprint density at radius 2 is 1.35 bits per heavy atom. The summed E-state index contributed by atoms with van der Waals surface area (Å²) < 4.78 is 25.7. The van der Waals surface area contributed by atoms with Crippen LogP contribution in [0.2, 0.25) is 0 Å². The maximum absolute atomic E-state index is 10.7. The number of nitrogens with one attached hydrogen (secondary N) is 1. The molecule has 2 aromatic carbocycles. The van der Waals surface area contributed by atoms with Gasteiger partial charge in [-0.1, -0.05) is 13.8 Å². The second-order valence-electron chi connectivity index (χ2n) is 7.92. The monoisotopic (exact) mass is 475 g/mol. The van der Waals surface area contributed by atoms with Gasteiger partial charge >= 0.3 is 11.9 Å². The van der Waals surface area contributed by atoms with E-state index in [1.807, 2.05) is 13.8 Å². The standard InChI is InChI=1S/C14H21NO4.C11H12O4/c1-10(2)15-8-12(17)9-18-13-4-6-14(7-5-13)19-11(3)16;1-8(12)15-10-4-2-9(3-5-10)13-6-11-7-14-11/h4-7,10,12,15,17H,8-9H2,1-3H3;2-5,11H,6-7H2,1H3. The molecule has 1 saturated heterocycles. The number of aliphatic hydroxyl groups excluding tert-OH is 1. The van der Waals surface area contributed by atoms with Crippen LogP contribution in [0.3, 0.4) is 0 Å². The topological polar surface area (TPSA) is 116 Å². The average molecular weight is 476 g/mol. The highest BCUT2D eigenvalue weighted by molar-refractivity contribution is 5.69. The van der Waals surface area contributed by atoms with E-state index in [1.165, 1.54) is 13.8 Å². The summed E-state index contributed by atoms with van der Waals surface area (Å²) in [7, 11) is 0. The molecular formula is C25H33NO8. The normalized spacial score (nSPS) is 14.9. The van der Waals surface area contributed by atoms with E-state index in [9.17, 15) is 14.7 Å². The zero-order valence-electron chi connectivity index (χ0n) is 20.0. The SMILES string of the molecule is CC(=O)Oc1ccc(OCC(O)CNC(C)C)cc1.CC(=O)Oc1ccc(OCC2CO2)cc1. The van der Waals surface area contributed by atoms with E-state index >= 15 is 0 Å². The predicted molar refractivity (Wildman–Crippen MR) is 125 cm³/mol. The van der Waals surface area contributed by atoms with Gasteiger partial charge in [-0.2, -0.15) is 0 Å². The fraction of sp³-hybridized carbons (Fsp3) is 0.440. The zero-order valence-corrected chi connectivity index (χ0v) is 20.0. The molecule has 0 saturated carbocycles. The highest BCUT2D eigenvalue weighted by Gasteiger charge is 2.22. The lowest BCUT2D eigenvalue weighted by molar-refractivity contribution is -0.132. The van der Waals surface area contributed by atoms with Gasteiger partial charge < -0.3 is 34.1 Å². The van der Waals surface area contributed by atoms with Crippen LogP contribution in [0, 0.1) is 0 Å². The number of rotatable bonds is 11. The van der Waals surface area contributed by atoms with Crippen molar-refractivity contribution in [1.29, 1.82) is 0 Å². The van der Waals surface area contributed by atoms with Crippen LogP contribution in [0.4, 0.5) is 0 Å². The largest absolute Gasteiger partial charge is 0.491 e. The summed E-state index contributed by atoms with van der Waals surface area (Å²) in [6, 6.07) is 13.9. The molecule has 0 aliphatic carbocycles. The first kappa shape index (κ1) is 27.1. The molecule has 34 heavy (non-hydrogen) atoms. The quantitative estimate of drug-likeness (QED) is 0.287. The Bertz CT molecular complexity index is 879. The van der Waals surface area contributed by atoms with Gasteiger partial charge in [0.1, 0.15) is 48.4 Å². The van der Waals surface area contributed by atoms with Crippen molar-refractivity contribution in [3.63, 3.8) is 0 Å². The molecule has 2 N–H and O–H groups in total. The maximum Gasteiger partial charge on any atom is 0.308 e. The third kappa shape index (κ3) is 12.2. The summed E-state index contributed by atoms with van der Waals surface area (Å²) in [6.07, 6.45) is -0.311. The first-order chi connectivity index (χ1) is 16.2. The fourth-order valence-corrected chi connectivity index (χ4v) is 2.52. The van der Waals surface area contributed by atoms with Crippen molar-refractivity contribution in [2.24, 2.45) is 0 Å². The lowest BCUT2D eigenvalue weighted by Gasteiger charge is -2.15. The summed E-state index contributed by atoms with van der Waals surface area (Å²) in [5.74, 6) is 1.69. The molecule has 0 spiro atoms. The third-order valence-electron chi connectivity index (χ3n) is 4.21. The van der Waals surface area contributed by atoms with Crippen molar-refractivity contribution in [3.05, 3.63) is 48.5 Å². The van der Waals surface area contributed by atoms with Gasteiger partial charge in [0, 0.05) is 26.4 Å². The van der Waals surface area contributed by atoms with E-state index in [0.717, 1.165) is 12.4 Å². The minimum absolute atomic E-state index is 0.215. The number of esters is 2. The summed E-state index contributed by atoms with van der Waals surface area (Å²) >= 11 is 0. The number of hydrogen-bond acceptors (Lipinski definition) is 9. The van der Waals surface area contributed by atoms with Crippen LogP contribution in [0.25, 0.3) is 0 Å². The number of aliphatic hydroxyl groups is 1. The minimum Gasteiger partial charge on any atom is -0.491 e. The van der Waals surface area contributed by atoms with Gasteiger partial charge in [-0.05, 0) is 48.5 Å². The highest BCUT2D eigenvalue weighted by Crippen LogP contribution is 2.19. The Morgan fingerprint density at radius 3 is 1.76 bits per heavy atom. The summed E-state index contributed by atoms with van der Waals surface area (Å²) in [4.78, 5) is 21.4. The molecule has 9 heteroatoms. The summed E-state index contributed by atoms with van der Waals surface area (Å²) in [6.45, 7) is 8.81. The Kier molecular flexibility index (Phi) is 11.3. The molecule has 1 aliphatic rings. The van der Waals surface area contributed by atoms with E-state index in [-0.39, 0.29) is 24.6 Å². The van der Waals surface area contributed by atoms with Gasteiger partial charge in [0.25, 0.3) is 0 Å². The van der Waals surface area contributed by atoms with Gasteiger partial charge in [-0.15, -0.1) is 0 Å². The zero-order chi connectivity index (χ0) is 24.9. The first-order valence-corrected chi connectivity index (χ1v) is 11.1. The summed E-state index contributed by atoms with van der Waals surface area (Å²) in [5, 5.41) is 12.8. The molecular weight excluding hydrogens is 442 g/mol. The van der Waals surface area contributed by atoms with E-state index < -0.39 is 6.10 Å². The van der Waals surface area contributed by atoms with Gasteiger partial charge in [0.2, 0.25) is 0 Å². The maximum atomic E-state index is 10.7. The first-order valence-electron chi connectivity index (χ1n) is 11.1. The van der Waals surface area contributed by atoms with Gasteiger partial charge in [-0.25, -0.2) is 0 Å². The van der Waals surface area contributed by atoms with Crippen molar-refractivity contribution in [2.45, 2.75) is 45.9 Å². The second kappa shape index (κ2) is 14.2. The number of hydrogen-bond donors (Lipinski definition) is 2. The third-order valence-corrected chi connectivity index (χ3v) is 4.21. The molecule has 1 aliphatic heterocycles. The smallest absolute Gasteiger partial charge is 0.308 e. The molecule has 186 valence electrons.